The fraction of sp³-hybridized carbons (Fsp3) is 0.364. The maximum absolute atomic E-state index is 5.67. The van der Waals surface area contributed by atoms with Crippen LogP contribution >= 0.6 is 11.8 Å². The molecule has 1 aliphatic heterocycles. The van der Waals surface area contributed by atoms with Crippen LogP contribution in [0.3, 0.4) is 0 Å². The molecular weight excluding hydrogens is 386 g/mol. The summed E-state index contributed by atoms with van der Waals surface area (Å²) < 4.78 is 18.4. The Labute approximate surface area is 175 Å². The number of hydrogen-bond donors (Lipinski definition) is 0. The van der Waals surface area contributed by atoms with E-state index in [1.807, 2.05) is 30.3 Å². The number of aromatic nitrogens is 3. The van der Waals surface area contributed by atoms with Crippen molar-refractivity contribution in [3.8, 4) is 17.1 Å². The Morgan fingerprint density at radius 3 is 2.66 bits per heavy atom. The zero-order chi connectivity index (χ0) is 19.9. The average Bonchev–Trinajstić information content (AvgIpc) is 3.20. The number of aryl methyl sites for hydroxylation is 1. The van der Waals surface area contributed by atoms with Crippen molar-refractivity contribution in [2.45, 2.75) is 30.6 Å². The van der Waals surface area contributed by atoms with Gasteiger partial charge in [-0.2, -0.15) is 0 Å². The van der Waals surface area contributed by atoms with Crippen molar-refractivity contribution in [1.29, 1.82) is 0 Å². The van der Waals surface area contributed by atoms with Crippen molar-refractivity contribution >= 4 is 11.8 Å². The van der Waals surface area contributed by atoms with Gasteiger partial charge in [0.15, 0.2) is 11.0 Å². The van der Waals surface area contributed by atoms with Crippen LogP contribution in [0, 0.1) is 0 Å². The van der Waals surface area contributed by atoms with Crippen molar-refractivity contribution in [2.24, 2.45) is 0 Å². The molecule has 0 bridgehead atoms. The molecule has 29 heavy (non-hydrogen) atoms. The number of thioether (sulfide) groups is 1. The van der Waals surface area contributed by atoms with E-state index in [0.29, 0.717) is 6.79 Å². The van der Waals surface area contributed by atoms with Gasteiger partial charge in [0.2, 0.25) is 0 Å². The van der Waals surface area contributed by atoms with E-state index in [0.717, 1.165) is 54.0 Å². The first kappa shape index (κ1) is 19.9. The molecule has 0 N–H and O–H groups in total. The van der Waals surface area contributed by atoms with Gasteiger partial charge in [-0.25, -0.2) is 0 Å². The van der Waals surface area contributed by atoms with Crippen molar-refractivity contribution < 1.29 is 14.2 Å². The first-order valence-electron chi connectivity index (χ1n) is 9.77. The second kappa shape index (κ2) is 9.91. The maximum Gasteiger partial charge on any atom is 0.191 e. The normalized spacial score (nSPS) is 16.7. The molecule has 1 aliphatic rings. The number of nitrogens with zero attached hydrogens (tertiary/aromatic N) is 3. The lowest BCUT2D eigenvalue weighted by molar-refractivity contribution is -0.130. The van der Waals surface area contributed by atoms with Gasteiger partial charge >= 0.3 is 0 Å². The lowest BCUT2D eigenvalue weighted by atomic mass is 10.1. The molecule has 0 aliphatic carbocycles. The Morgan fingerprint density at radius 2 is 1.93 bits per heavy atom. The molecule has 0 amide bonds. The number of hydrogen-bond acceptors (Lipinski definition) is 6. The minimum Gasteiger partial charge on any atom is -0.497 e. The van der Waals surface area contributed by atoms with Crippen molar-refractivity contribution in [3.05, 3.63) is 60.2 Å². The summed E-state index contributed by atoms with van der Waals surface area (Å²) in [6, 6.07) is 18.5. The van der Waals surface area contributed by atoms with Crippen LogP contribution in [0.25, 0.3) is 11.4 Å². The van der Waals surface area contributed by atoms with Crippen LogP contribution in [-0.4, -0.2) is 47.1 Å². The van der Waals surface area contributed by atoms with Gasteiger partial charge in [-0.15, -0.1) is 10.2 Å². The van der Waals surface area contributed by atoms with Crippen LogP contribution in [0.5, 0.6) is 5.75 Å². The molecule has 1 atom stereocenters. The van der Waals surface area contributed by atoms with E-state index in [2.05, 4.69) is 39.0 Å². The summed E-state index contributed by atoms with van der Waals surface area (Å²) >= 11 is 1.70. The average molecular weight is 412 g/mol. The van der Waals surface area contributed by atoms with Gasteiger partial charge in [0.1, 0.15) is 12.5 Å². The van der Waals surface area contributed by atoms with Gasteiger partial charge < -0.3 is 18.8 Å². The van der Waals surface area contributed by atoms with Gasteiger partial charge in [-0.1, -0.05) is 42.1 Å². The number of methoxy groups -OCH3 is 1. The van der Waals surface area contributed by atoms with Gasteiger partial charge in [0.25, 0.3) is 0 Å². The molecule has 3 aromatic rings. The number of ether oxygens (including phenoxy) is 3. The van der Waals surface area contributed by atoms with Crippen LogP contribution < -0.4 is 4.74 Å². The van der Waals surface area contributed by atoms with Gasteiger partial charge in [0, 0.05) is 17.9 Å². The predicted molar refractivity (Wildman–Crippen MR) is 113 cm³/mol. The molecule has 0 radical (unpaired) electrons. The second-order valence-corrected chi connectivity index (χ2v) is 7.82. The van der Waals surface area contributed by atoms with E-state index in [9.17, 15) is 0 Å². The molecule has 0 unspecified atom stereocenters. The van der Waals surface area contributed by atoms with Crippen LogP contribution in [0.15, 0.2) is 59.8 Å². The highest BCUT2D eigenvalue weighted by Gasteiger charge is 2.19. The fourth-order valence-electron chi connectivity index (χ4n) is 3.24. The van der Waals surface area contributed by atoms with E-state index >= 15 is 0 Å². The summed E-state index contributed by atoms with van der Waals surface area (Å²) in [7, 11) is 1.67. The summed E-state index contributed by atoms with van der Waals surface area (Å²) in [4.78, 5) is 0. The molecule has 152 valence electrons. The highest BCUT2D eigenvalue weighted by molar-refractivity contribution is 7.99. The molecule has 2 aromatic carbocycles. The van der Waals surface area contributed by atoms with Crippen molar-refractivity contribution in [2.75, 3.05) is 26.3 Å². The third kappa shape index (κ3) is 5.18. The Morgan fingerprint density at radius 1 is 1.10 bits per heavy atom. The monoisotopic (exact) mass is 411 g/mol. The standard InChI is InChI=1S/C22H25N3O3S/c1-26-19-9-7-18(8-10-19)21-23-24-22(29-15-20-12-14-27-16-28-20)25(21)13-11-17-5-3-2-4-6-17/h2-10,20H,11-16H2,1H3/t20-/m0/s1. The van der Waals surface area contributed by atoms with Crippen LogP contribution in [0.1, 0.15) is 12.0 Å². The Bertz CT molecular complexity index is 893. The summed E-state index contributed by atoms with van der Waals surface area (Å²) in [5.74, 6) is 2.55. The summed E-state index contributed by atoms with van der Waals surface area (Å²) in [6.45, 7) is 1.95. The molecule has 7 heteroatoms. The van der Waals surface area contributed by atoms with E-state index in [1.165, 1.54) is 5.56 Å². The summed E-state index contributed by atoms with van der Waals surface area (Å²) in [5.41, 5.74) is 2.33. The smallest absolute Gasteiger partial charge is 0.191 e. The molecule has 1 fully saturated rings. The van der Waals surface area contributed by atoms with Gasteiger partial charge in [-0.05, 0) is 42.7 Å². The van der Waals surface area contributed by atoms with Crippen LogP contribution in [0.2, 0.25) is 0 Å². The first-order valence-corrected chi connectivity index (χ1v) is 10.8. The minimum atomic E-state index is 0.192. The fourth-order valence-corrected chi connectivity index (χ4v) is 4.27. The Kier molecular flexibility index (Phi) is 6.82. The molecule has 2 heterocycles. The molecule has 4 rings (SSSR count). The molecule has 0 spiro atoms. The lowest BCUT2D eigenvalue weighted by Gasteiger charge is -2.22. The van der Waals surface area contributed by atoms with Gasteiger partial charge in [0.05, 0.1) is 19.8 Å². The highest BCUT2D eigenvalue weighted by atomic mass is 32.2. The maximum atomic E-state index is 5.67. The first-order chi connectivity index (χ1) is 14.3. The van der Waals surface area contributed by atoms with E-state index < -0.39 is 0 Å². The quantitative estimate of drug-likeness (QED) is 0.521. The Hall–Kier alpha value is -2.35. The zero-order valence-corrected chi connectivity index (χ0v) is 17.3. The lowest BCUT2D eigenvalue weighted by Crippen LogP contribution is -2.25. The molecule has 1 aromatic heterocycles. The minimum absolute atomic E-state index is 0.192. The largest absolute Gasteiger partial charge is 0.497 e. The van der Waals surface area contributed by atoms with Crippen LogP contribution in [0.4, 0.5) is 0 Å². The van der Waals surface area contributed by atoms with Crippen LogP contribution in [-0.2, 0) is 22.4 Å². The van der Waals surface area contributed by atoms with Gasteiger partial charge in [-0.3, -0.25) is 0 Å². The molecule has 0 saturated carbocycles. The van der Waals surface area contributed by atoms with E-state index in [1.54, 1.807) is 18.9 Å². The SMILES string of the molecule is COc1ccc(-c2nnc(SC[C@@H]3CCOCO3)n2CCc2ccccc2)cc1. The second-order valence-electron chi connectivity index (χ2n) is 6.84. The molecular formula is C22H25N3O3S. The number of rotatable bonds is 8. The highest BCUT2D eigenvalue weighted by Crippen LogP contribution is 2.27. The predicted octanol–water partition coefficient (Wildman–Crippen LogP) is 4.05. The van der Waals surface area contributed by atoms with E-state index in [4.69, 9.17) is 14.2 Å². The summed E-state index contributed by atoms with van der Waals surface area (Å²) in [5, 5.41) is 9.91. The van der Waals surface area contributed by atoms with Crippen molar-refractivity contribution in [3.63, 3.8) is 0 Å². The summed E-state index contributed by atoms with van der Waals surface area (Å²) in [6.07, 6.45) is 2.03. The molecule has 1 saturated heterocycles. The zero-order valence-electron chi connectivity index (χ0n) is 16.5. The molecule has 6 nitrogen and oxygen atoms in total. The Balaban J connectivity index is 1.54. The van der Waals surface area contributed by atoms with Crippen molar-refractivity contribution in [1.82, 2.24) is 14.8 Å². The number of benzene rings is 2. The topological polar surface area (TPSA) is 58.4 Å². The van der Waals surface area contributed by atoms with E-state index in [-0.39, 0.29) is 6.10 Å². The third-order valence-corrected chi connectivity index (χ3v) is 6.00. The third-order valence-electron chi connectivity index (χ3n) is 4.90.